The van der Waals surface area contributed by atoms with Gasteiger partial charge in [-0.05, 0) is 121 Å². The van der Waals surface area contributed by atoms with Crippen LogP contribution in [0.25, 0.3) is 79.0 Å². The van der Waals surface area contributed by atoms with Gasteiger partial charge in [0.2, 0.25) is 5.89 Å². The Balaban J connectivity index is 0.888. The first-order valence-electron chi connectivity index (χ1n) is 24.6. The molecular weight excluding hydrogens is 929 g/mol. The lowest BCUT2D eigenvalue weighted by atomic mass is 9.67. The lowest BCUT2D eigenvalue weighted by Gasteiger charge is -2.39. The zero-order valence-corrected chi connectivity index (χ0v) is 40.6. The maximum Gasteiger partial charge on any atom is 0.227 e. The van der Waals surface area contributed by atoms with Gasteiger partial charge in [0.05, 0.1) is 10.8 Å². The molecule has 2 aliphatic carbocycles. The first-order valence-corrected chi connectivity index (χ1v) is 26.2. The average Bonchev–Trinajstić information content (AvgIpc) is 4.11. The van der Waals surface area contributed by atoms with Crippen LogP contribution in [-0.4, -0.2) is 19.9 Å². The molecule has 12 aromatic rings. The third-order valence-electron chi connectivity index (χ3n) is 15.5. The molecule has 340 valence electrons. The second kappa shape index (κ2) is 15.4. The number of para-hydroxylation sites is 2. The molecular formula is C66H38N4OS2. The molecule has 73 heavy (non-hydrogen) atoms. The van der Waals surface area contributed by atoms with Crippen molar-refractivity contribution >= 4 is 34.6 Å². The van der Waals surface area contributed by atoms with Crippen molar-refractivity contribution in [3.05, 3.63) is 275 Å². The summed E-state index contributed by atoms with van der Waals surface area (Å²) in [6.45, 7) is 0. The lowest BCUT2D eigenvalue weighted by Crippen LogP contribution is -2.31. The summed E-state index contributed by atoms with van der Waals surface area (Å²) in [6, 6.07) is 83.4. The fraction of sp³-hybridized carbons (Fsp3) is 0.0303. The van der Waals surface area contributed by atoms with Gasteiger partial charge in [0.25, 0.3) is 0 Å². The van der Waals surface area contributed by atoms with Gasteiger partial charge in [-0.2, -0.15) is 0 Å². The Kier molecular flexibility index (Phi) is 8.68. The zero-order valence-electron chi connectivity index (χ0n) is 39.0. The Morgan fingerprint density at radius 1 is 0.288 bits per heavy atom. The maximum atomic E-state index is 6.18. The van der Waals surface area contributed by atoms with Crippen LogP contribution in [0.3, 0.4) is 0 Å². The molecule has 0 N–H and O–H groups in total. The molecule has 0 bridgehead atoms. The Labute approximate surface area is 429 Å². The van der Waals surface area contributed by atoms with Crippen molar-refractivity contribution in [2.45, 2.75) is 30.4 Å². The zero-order chi connectivity index (χ0) is 47.8. The molecule has 10 aromatic carbocycles. The van der Waals surface area contributed by atoms with Gasteiger partial charge in [-0.15, -0.1) is 0 Å². The van der Waals surface area contributed by atoms with Crippen molar-refractivity contribution in [3.8, 4) is 67.9 Å². The number of oxazole rings is 1. The third-order valence-corrected chi connectivity index (χ3v) is 17.8. The van der Waals surface area contributed by atoms with Gasteiger partial charge in [0.15, 0.2) is 23.1 Å². The first-order chi connectivity index (χ1) is 36.1. The highest BCUT2D eigenvalue weighted by atomic mass is 32.2. The normalized spacial score (nSPS) is 14.4. The summed E-state index contributed by atoms with van der Waals surface area (Å²) in [4.78, 5) is 25.9. The van der Waals surface area contributed by atoms with Crippen LogP contribution in [0.15, 0.2) is 255 Å². The van der Waals surface area contributed by atoms with Crippen LogP contribution in [0.4, 0.5) is 0 Å². The lowest BCUT2D eigenvalue weighted by molar-refractivity contribution is 0.620. The minimum absolute atomic E-state index is 0.480. The number of rotatable bonds is 4. The van der Waals surface area contributed by atoms with E-state index in [-0.39, 0.29) is 0 Å². The number of aromatic nitrogens is 4. The smallest absolute Gasteiger partial charge is 0.227 e. The molecule has 2 aromatic heterocycles. The van der Waals surface area contributed by atoms with E-state index in [1.807, 2.05) is 59.9 Å². The van der Waals surface area contributed by atoms with Crippen molar-refractivity contribution in [1.82, 2.24) is 19.9 Å². The third kappa shape index (κ3) is 5.72. The van der Waals surface area contributed by atoms with Crippen molar-refractivity contribution < 1.29 is 4.42 Å². The minimum Gasteiger partial charge on any atom is -0.436 e. The van der Waals surface area contributed by atoms with Crippen LogP contribution in [0, 0.1) is 0 Å². The summed E-state index contributed by atoms with van der Waals surface area (Å²) in [5, 5.41) is 0. The van der Waals surface area contributed by atoms with E-state index in [4.69, 9.17) is 24.4 Å². The summed E-state index contributed by atoms with van der Waals surface area (Å²) < 4.78 is 6.18. The molecule has 0 amide bonds. The second-order valence-corrected chi connectivity index (χ2v) is 21.3. The second-order valence-electron chi connectivity index (χ2n) is 19.2. The van der Waals surface area contributed by atoms with Crippen molar-refractivity contribution in [3.63, 3.8) is 0 Å². The van der Waals surface area contributed by atoms with E-state index in [1.165, 1.54) is 86.3 Å². The van der Waals surface area contributed by atoms with Gasteiger partial charge in [-0.1, -0.05) is 199 Å². The van der Waals surface area contributed by atoms with E-state index in [9.17, 15) is 0 Å². The largest absolute Gasteiger partial charge is 0.436 e. The number of nitrogens with zero attached hydrogens (tertiary/aromatic N) is 4. The van der Waals surface area contributed by atoms with Crippen LogP contribution < -0.4 is 0 Å². The van der Waals surface area contributed by atoms with E-state index in [1.54, 1.807) is 0 Å². The van der Waals surface area contributed by atoms with Crippen molar-refractivity contribution in [1.29, 1.82) is 0 Å². The van der Waals surface area contributed by atoms with Gasteiger partial charge in [0, 0.05) is 41.8 Å². The van der Waals surface area contributed by atoms with Gasteiger partial charge in [0.1, 0.15) is 5.52 Å². The predicted octanol–water partition coefficient (Wildman–Crippen LogP) is 16.3. The molecule has 0 atom stereocenters. The molecule has 5 nitrogen and oxygen atoms in total. The Bertz CT molecular complexity index is 4190. The molecule has 0 unspecified atom stereocenters. The van der Waals surface area contributed by atoms with Crippen LogP contribution in [0.1, 0.15) is 44.5 Å². The van der Waals surface area contributed by atoms with Crippen molar-refractivity contribution in [2.24, 2.45) is 0 Å². The van der Waals surface area contributed by atoms with E-state index in [2.05, 4.69) is 194 Å². The summed E-state index contributed by atoms with van der Waals surface area (Å²) in [6.07, 6.45) is 0. The fourth-order valence-electron chi connectivity index (χ4n) is 12.5. The monoisotopic (exact) mass is 966 g/mol. The van der Waals surface area contributed by atoms with Crippen LogP contribution in [0.5, 0.6) is 0 Å². The topological polar surface area (TPSA) is 64.7 Å². The number of benzene rings is 10. The quantitative estimate of drug-likeness (QED) is 0.174. The fourth-order valence-corrected chi connectivity index (χ4v) is 14.9. The molecule has 4 heterocycles. The van der Waals surface area contributed by atoms with Gasteiger partial charge in [-0.3, -0.25) is 0 Å². The Morgan fingerprint density at radius 3 is 1.23 bits per heavy atom. The molecule has 0 saturated carbocycles. The highest BCUT2D eigenvalue weighted by Crippen LogP contribution is 2.64. The standard InChI is InChI=1S/C66H38N4OS2/c1-4-18-47-43(15-1)44-16-2-5-19-48(44)65(47)53-23-9-14-28-59(53)73-60-38-42(34-36-54(60)65)63-69-61(39-29-31-40(32-30-39)64-67-55-24-10-11-25-56(55)71-64)68-62(70-63)41-33-35-50-46(37-41)45-17-3-6-20-49(45)66(50)51-21-7-12-26-57(51)72-58-27-13-8-22-52(58)66/h1-38H. The highest BCUT2D eigenvalue weighted by Gasteiger charge is 2.51. The maximum absolute atomic E-state index is 6.18. The molecule has 4 aliphatic rings. The van der Waals surface area contributed by atoms with E-state index >= 15 is 0 Å². The first kappa shape index (κ1) is 41.0. The summed E-state index contributed by atoms with van der Waals surface area (Å²) in [7, 11) is 0. The molecule has 0 fully saturated rings. The van der Waals surface area contributed by atoms with E-state index in [0.717, 1.165) is 33.4 Å². The molecule has 7 heteroatoms. The SMILES string of the molecule is c1ccc2c(c1)Sc1cc(-c3nc(-c4ccc(-c5nc6ccccc6o5)cc4)nc(-c4ccc5c(c4)-c4ccccc4C54c5ccccc5Sc5ccccc54)n3)ccc1C21c2ccccc2-c2ccccc21. The van der Waals surface area contributed by atoms with Crippen LogP contribution in [0.2, 0.25) is 0 Å². The number of hydrogen-bond acceptors (Lipinski definition) is 7. The summed E-state index contributed by atoms with van der Waals surface area (Å²) >= 11 is 3.68. The summed E-state index contributed by atoms with van der Waals surface area (Å²) in [5.74, 6) is 2.37. The van der Waals surface area contributed by atoms with Gasteiger partial charge >= 0.3 is 0 Å². The number of hydrogen-bond donors (Lipinski definition) is 0. The molecule has 2 spiro atoms. The Hall–Kier alpha value is -8.62. The van der Waals surface area contributed by atoms with Crippen LogP contribution >= 0.6 is 23.5 Å². The predicted molar refractivity (Wildman–Crippen MR) is 292 cm³/mol. The molecule has 0 radical (unpaired) electrons. The van der Waals surface area contributed by atoms with Crippen LogP contribution in [-0.2, 0) is 10.8 Å². The van der Waals surface area contributed by atoms with Gasteiger partial charge < -0.3 is 4.42 Å². The molecule has 2 aliphatic heterocycles. The van der Waals surface area contributed by atoms with Gasteiger partial charge in [-0.25, -0.2) is 19.9 Å². The molecule has 16 rings (SSSR count). The average molecular weight is 967 g/mol. The minimum atomic E-state index is -0.481. The Morgan fingerprint density at radius 2 is 0.671 bits per heavy atom. The van der Waals surface area contributed by atoms with E-state index in [0.29, 0.717) is 23.4 Å². The van der Waals surface area contributed by atoms with E-state index < -0.39 is 10.8 Å². The molecule has 0 saturated heterocycles. The highest BCUT2D eigenvalue weighted by molar-refractivity contribution is 7.99. The number of fused-ring (bicyclic) bond motifs is 19. The van der Waals surface area contributed by atoms with Crippen molar-refractivity contribution in [2.75, 3.05) is 0 Å². The summed E-state index contributed by atoms with van der Waals surface area (Å²) in [5.41, 5.74) is 19.5.